The Hall–Kier alpha value is -0.350. The number of aliphatic hydroxyl groups is 2. The molecule has 0 saturated carbocycles. The zero-order valence-corrected chi connectivity index (χ0v) is 15.7. The molecule has 0 spiro atoms. The maximum Gasteiger partial charge on any atom is 0.218 e. The molecule has 3 rings (SSSR count). The number of pyridine rings is 1. The van der Waals surface area contributed by atoms with Crippen LogP contribution in [0.5, 0.6) is 0 Å². The molecule has 1 aromatic heterocycles. The summed E-state index contributed by atoms with van der Waals surface area (Å²) < 4.78 is 2.03. The van der Waals surface area contributed by atoms with Gasteiger partial charge < -0.3 is 10.2 Å². The minimum Gasteiger partial charge on any atom is -0.378 e. The highest BCUT2D eigenvalue weighted by Crippen LogP contribution is 2.29. The number of nitrogens with one attached hydrogen (secondary N) is 1. The van der Waals surface area contributed by atoms with Crippen molar-refractivity contribution in [2.75, 3.05) is 20.1 Å². The zero-order chi connectivity index (χ0) is 17.3. The summed E-state index contributed by atoms with van der Waals surface area (Å²) in [5.41, 5.74) is 1.34. The van der Waals surface area contributed by atoms with Crippen LogP contribution in [0.2, 0.25) is 0 Å². The second kappa shape index (κ2) is 7.90. The average molecular weight is 372 g/mol. The smallest absolute Gasteiger partial charge is 0.218 e. The lowest BCUT2D eigenvalue weighted by molar-refractivity contribution is -0.735. The molecule has 24 heavy (non-hydrogen) atoms. The van der Waals surface area contributed by atoms with E-state index in [1.807, 2.05) is 17.0 Å². The van der Waals surface area contributed by atoms with Gasteiger partial charge in [-0.25, -0.2) is 10.2 Å². The summed E-state index contributed by atoms with van der Waals surface area (Å²) in [6.07, 6.45) is 5.21. The van der Waals surface area contributed by atoms with Crippen molar-refractivity contribution >= 4 is 25.3 Å². The molecular weight excluding hydrogens is 344 g/mol. The van der Waals surface area contributed by atoms with Gasteiger partial charge >= 0.3 is 0 Å². The Morgan fingerprint density at radius 2 is 1.83 bits per heavy atom. The van der Waals surface area contributed by atoms with Crippen molar-refractivity contribution in [3.63, 3.8) is 0 Å². The van der Waals surface area contributed by atoms with Crippen LogP contribution in [-0.4, -0.2) is 57.4 Å². The van der Waals surface area contributed by atoms with Crippen LogP contribution in [-0.2, 0) is 0 Å². The first-order valence-corrected chi connectivity index (χ1v) is 9.44. The molecule has 0 aliphatic carbocycles. The number of aliphatic hydroxyl groups excluding tert-OH is 2. The standard InChI is InChI=1S/C16H26N4O2S2/c1-18-14(21)10-13(17-15(18)22)19-6-2-11(3-7-19)12-4-8-20(9-5-12)16(23)24/h2-3,6-7,12-17,21-22H,4-5,8-10H2,1H3,(H-,23,24)/p+1. The minimum absolute atomic E-state index is 0.0252. The Morgan fingerprint density at radius 1 is 1.21 bits per heavy atom. The third kappa shape index (κ3) is 4.07. The average Bonchev–Trinajstić information content (AvgIpc) is 2.59. The van der Waals surface area contributed by atoms with Crippen LogP contribution in [0.3, 0.4) is 0 Å². The molecule has 0 radical (unpaired) electrons. The second-order valence-electron chi connectivity index (χ2n) is 6.67. The molecule has 3 unspecified atom stereocenters. The zero-order valence-electron chi connectivity index (χ0n) is 13.9. The summed E-state index contributed by atoms with van der Waals surface area (Å²) in [7, 11) is 1.69. The van der Waals surface area contributed by atoms with E-state index in [0.29, 0.717) is 12.3 Å². The Kier molecular flexibility index (Phi) is 6.07. The van der Waals surface area contributed by atoms with Crippen molar-refractivity contribution in [1.82, 2.24) is 15.1 Å². The van der Waals surface area contributed by atoms with E-state index in [-0.39, 0.29) is 10.9 Å². The van der Waals surface area contributed by atoms with Gasteiger partial charge in [0.25, 0.3) is 0 Å². The largest absolute Gasteiger partial charge is 0.378 e. The van der Waals surface area contributed by atoms with E-state index in [4.69, 9.17) is 0 Å². The first-order valence-electron chi connectivity index (χ1n) is 8.40. The van der Waals surface area contributed by atoms with Crippen molar-refractivity contribution in [2.24, 2.45) is 0 Å². The number of hydrogen-bond donors (Lipinski definition) is 5. The van der Waals surface area contributed by atoms with Gasteiger partial charge in [0.15, 0.2) is 18.7 Å². The summed E-state index contributed by atoms with van der Waals surface area (Å²) in [5.74, 6) is 0.568. The highest BCUT2D eigenvalue weighted by atomic mass is 32.2. The minimum atomic E-state index is -0.842. The number of nitrogens with zero attached hydrogens (tertiary/aromatic N) is 3. The molecule has 2 aliphatic rings. The van der Waals surface area contributed by atoms with E-state index >= 15 is 0 Å². The second-order valence-corrected chi connectivity index (χ2v) is 8.06. The molecule has 3 N–H and O–H groups in total. The van der Waals surface area contributed by atoms with Gasteiger partial charge in [0.1, 0.15) is 6.23 Å². The van der Waals surface area contributed by atoms with Crippen molar-refractivity contribution in [2.45, 2.75) is 48.6 Å². The number of likely N-dealkylation sites (tertiary alicyclic amines) is 1. The topological polar surface area (TPSA) is 62.8 Å². The molecule has 2 fully saturated rings. The van der Waals surface area contributed by atoms with Gasteiger partial charge in [-0.2, -0.15) is 4.57 Å². The summed E-state index contributed by atoms with van der Waals surface area (Å²) in [6.45, 7) is 2.04. The Labute approximate surface area is 154 Å². The highest BCUT2D eigenvalue weighted by molar-refractivity contribution is 7.99. The van der Waals surface area contributed by atoms with Crippen LogP contribution >= 0.6 is 25.3 Å². The van der Waals surface area contributed by atoms with E-state index in [2.05, 4.69) is 47.6 Å². The molecule has 0 bridgehead atoms. The molecule has 2 saturated heterocycles. The van der Waals surface area contributed by atoms with Gasteiger partial charge in [-0.1, -0.05) is 0 Å². The predicted molar refractivity (Wildman–Crippen MR) is 98.5 cm³/mol. The summed E-state index contributed by atoms with van der Waals surface area (Å²) in [4.78, 5) is 3.78. The molecule has 3 atom stereocenters. The fourth-order valence-corrected chi connectivity index (χ4v) is 3.95. The van der Waals surface area contributed by atoms with E-state index in [1.165, 1.54) is 10.5 Å². The van der Waals surface area contributed by atoms with Crippen molar-refractivity contribution < 1.29 is 14.8 Å². The highest BCUT2D eigenvalue weighted by Gasteiger charge is 2.35. The van der Waals surface area contributed by atoms with Gasteiger partial charge in [0.05, 0.1) is 11.1 Å². The van der Waals surface area contributed by atoms with Crippen LogP contribution in [0.4, 0.5) is 0 Å². The van der Waals surface area contributed by atoms with Gasteiger partial charge in [-0.05, 0) is 31.4 Å². The van der Waals surface area contributed by atoms with E-state index < -0.39 is 12.6 Å². The van der Waals surface area contributed by atoms with Gasteiger partial charge in [0.2, 0.25) is 6.17 Å². The summed E-state index contributed by atoms with van der Waals surface area (Å²) >= 11 is 8.77. The fourth-order valence-electron chi connectivity index (χ4n) is 3.49. The van der Waals surface area contributed by atoms with Crippen molar-refractivity contribution in [3.8, 4) is 0 Å². The lowest BCUT2D eigenvalue weighted by atomic mass is 9.90. The Bertz CT molecular complexity index is 525. The number of thiol groups is 2. The van der Waals surface area contributed by atoms with Gasteiger partial charge in [-0.15, -0.1) is 25.3 Å². The molecular formula is C16H27N4O2S2+. The predicted octanol–water partition coefficient (Wildman–Crippen LogP) is 0.315. The van der Waals surface area contributed by atoms with Crippen LogP contribution in [0.25, 0.3) is 0 Å². The lowest BCUT2D eigenvalue weighted by Gasteiger charge is -2.36. The molecule has 134 valence electrons. The molecule has 0 aromatic carbocycles. The van der Waals surface area contributed by atoms with Crippen molar-refractivity contribution in [3.05, 3.63) is 30.1 Å². The summed E-state index contributed by atoms with van der Waals surface area (Å²) in [6, 6.07) is 4.30. The normalized spacial score (nSPS) is 30.8. The first kappa shape index (κ1) is 18.4. The Balaban J connectivity index is 1.62. The molecule has 2 aliphatic heterocycles. The SMILES string of the molecule is CN1C(O)CC([n+]2ccc(C3CCN(C(S)S)CC3)cc2)NC1O. The maximum atomic E-state index is 10.0. The number of piperidine rings is 1. The molecule has 0 amide bonds. The lowest BCUT2D eigenvalue weighted by Crippen LogP contribution is -2.62. The van der Waals surface area contributed by atoms with Gasteiger partial charge in [0, 0.05) is 25.2 Å². The number of hydrogen-bond acceptors (Lipinski definition) is 7. The molecule has 1 aromatic rings. The summed E-state index contributed by atoms with van der Waals surface area (Å²) in [5, 5.41) is 23.0. The number of rotatable bonds is 3. The van der Waals surface area contributed by atoms with Crippen LogP contribution in [0, 0.1) is 0 Å². The van der Waals surface area contributed by atoms with E-state index in [0.717, 1.165) is 25.9 Å². The quantitative estimate of drug-likeness (QED) is 0.301. The van der Waals surface area contributed by atoms with E-state index in [1.54, 1.807) is 7.05 Å². The Morgan fingerprint density at radius 3 is 2.38 bits per heavy atom. The third-order valence-electron chi connectivity index (χ3n) is 5.20. The maximum absolute atomic E-state index is 10.0. The molecule has 8 heteroatoms. The van der Waals surface area contributed by atoms with Gasteiger partial charge in [-0.3, -0.25) is 4.90 Å². The first-order chi connectivity index (χ1) is 11.5. The van der Waals surface area contributed by atoms with Crippen LogP contribution in [0.15, 0.2) is 24.5 Å². The monoisotopic (exact) mass is 371 g/mol. The van der Waals surface area contributed by atoms with Crippen LogP contribution < -0.4 is 9.88 Å². The van der Waals surface area contributed by atoms with Crippen LogP contribution in [0.1, 0.15) is 36.9 Å². The number of aromatic nitrogens is 1. The molecule has 6 nitrogen and oxygen atoms in total. The third-order valence-corrected chi connectivity index (χ3v) is 5.85. The van der Waals surface area contributed by atoms with Crippen molar-refractivity contribution in [1.29, 1.82) is 0 Å². The molecule has 3 heterocycles. The van der Waals surface area contributed by atoms with E-state index in [9.17, 15) is 10.2 Å². The fraction of sp³-hybridized carbons (Fsp3) is 0.688.